The van der Waals surface area contributed by atoms with Crippen molar-refractivity contribution in [2.45, 2.75) is 75.9 Å². The van der Waals surface area contributed by atoms with Crippen molar-refractivity contribution in [2.75, 3.05) is 6.54 Å². The van der Waals surface area contributed by atoms with Crippen LogP contribution >= 0.6 is 0 Å². The Balaban J connectivity index is 1.62. The van der Waals surface area contributed by atoms with Crippen molar-refractivity contribution >= 4 is 18.0 Å². The fraction of sp³-hybridized carbons (Fsp3) is 0.591. The van der Waals surface area contributed by atoms with E-state index < -0.39 is 17.4 Å². The van der Waals surface area contributed by atoms with Crippen molar-refractivity contribution in [2.24, 2.45) is 0 Å². The largest absolute Gasteiger partial charge is 0.327 e. The first kappa shape index (κ1) is 19.2. The molecule has 2 fully saturated rings. The van der Waals surface area contributed by atoms with Gasteiger partial charge in [0.05, 0.1) is 11.6 Å². The number of halogens is 1. The van der Waals surface area contributed by atoms with Crippen LogP contribution in [0.25, 0.3) is 0 Å². The van der Waals surface area contributed by atoms with Gasteiger partial charge in [0.25, 0.3) is 5.91 Å². The highest BCUT2D eigenvalue weighted by Crippen LogP contribution is 2.43. The number of nitrogens with zero attached hydrogens (tertiary/aromatic N) is 1. The molecule has 6 heteroatoms. The topological polar surface area (TPSA) is 66.5 Å². The smallest absolute Gasteiger partial charge is 0.255 e. The molecule has 150 valence electrons. The lowest BCUT2D eigenvalue weighted by molar-refractivity contribution is -0.132. The highest BCUT2D eigenvalue weighted by Gasteiger charge is 2.46. The van der Waals surface area contributed by atoms with E-state index in [0.717, 1.165) is 43.2 Å². The van der Waals surface area contributed by atoms with Gasteiger partial charge in [0, 0.05) is 18.7 Å². The molecule has 2 unspecified atom stereocenters. The summed E-state index contributed by atoms with van der Waals surface area (Å²) in [6.07, 6.45) is 6.70. The first-order valence-electron chi connectivity index (χ1n) is 10.4. The number of amides is 1. The molecule has 1 saturated heterocycles. The fourth-order valence-electron chi connectivity index (χ4n) is 5.35. The highest BCUT2D eigenvalue weighted by molar-refractivity contribution is 6.27. The van der Waals surface area contributed by atoms with Crippen molar-refractivity contribution in [3.63, 3.8) is 0 Å². The zero-order valence-corrected chi connectivity index (χ0v) is 16.3. The van der Waals surface area contributed by atoms with Crippen molar-refractivity contribution in [1.29, 1.82) is 0 Å². The van der Waals surface area contributed by atoms with Gasteiger partial charge >= 0.3 is 0 Å². The SMILES string of the molecule is CCC1(N2Cc3c(cc(F)cc3C3CCCC3)C2=O)CCC(C(=O)C=O)NC1. The number of piperidine rings is 1. The van der Waals surface area contributed by atoms with Crippen LogP contribution in [0.3, 0.4) is 0 Å². The lowest BCUT2D eigenvalue weighted by Crippen LogP contribution is -2.61. The second-order valence-corrected chi connectivity index (χ2v) is 8.46. The quantitative estimate of drug-likeness (QED) is 0.624. The van der Waals surface area contributed by atoms with E-state index in [2.05, 4.69) is 5.32 Å². The standard InChI is InChI=1S/C22H27FN2O3/c1-2-22(8-7-19(24-13-22)20(27)12-26)25-11-18-16(14-5-3-4-6-14)9-15(23)10-17(18)21(25)28/h9-10,12,14,19,24H,2-8,11,13H2,1H3. The highest BCUT2D eigenvalue weighted by atomic mass is 19.1. The van der Waals surface area contributed by atoms with Crippen LogP contribution in [-0.4, -0.2) is 41.0 Å². The molecule has 28 heavy (non-hydrogen) atoms. The molecule has 2 heterocycles. The van der Waals surface area contributed by atoms with Crippen LogP contribution in [0.4, 0.5) is 4.39 Å². The van der Waals surface area contributed by atoms with Gasteiger partial charge < -0.3 is 10.2 Å². The molecule has 1 aromatic rings. The summed E-state index contributed by atoms with van der Waals surface area (Å²) >= 11 is 0. The molecule has 1 saturated carbocycles. The molecule has 0 spiro atoms. The van der Waals surface area contributed by atoms with Crippen molar-refractivity contribution in [3.8, 4) is 0 Å². The number of rotatable bonds is 5. The van der Waals surface area contributed by atoms with Gasteiger partial charge in [0.15, 0.2) is 6.29 Å². The van der Waals surface area contributed by atoms with Crippen LogP contribution in [-0.2, 0) is 16.1 Å². The lowest BCUT2D eigenvalue weighted by Gasteiger charge is -2.46. The summed E-state index contributed by atoms with van der Waals surface area (Å²) in [5.74, 6) is -0.544. The molecule has 0 bridgehead atoms. The second-order valence-electron chi connectivity index (χ2n) is 8.46. The number of carbonyl (C=O) groups excluding carboxylic acids is 3. The molecule has 4 rings (SSSR count). The van der Waals surface area contributed by atoms with Crippen LogP contribution in [0.1, 0.15) is 79.3 Å². The molecule has 1 N–H and O–H groups in total. The average Bonchev–Trinajstić information content (AvgIpc) is 3.36. The average molecular weight is 386 g/mol. The third-order valence-corrected chi connectivity index (χ3v) is 7.10. The van der Waals surface area contributed by atoms with Gasteiger partial charge in [0.1, 0.15) is 5.82 Å². The van der Waals surface area contributed by atoms with E-state index >= 15 is 0 Å². The third-order valence-electron chi connectivity index (χ3n) is 7.10. The minimum Gasteiger partial charge on any atom is -0.327 e. The van der Waals surface area contributed by atoms with E-state index in [0.29, 0.717) is 43.7 Å². The molecular weight excluding hydrogens is 359 g/mol. The summed E-state index contributed by atoms with van der Waals surface area (Å²) in [5.41, 5.74) is 2.07. The number of fused-ring (bicyclic) bond motifs is 1. The summed E-state index contributed by atoms with van der Waals surface area (Å²) in [6.45, 7) is 3.01. The molecule has 1 aromatic carbocycles. The number of ketones is 1. The van der Waals surface area contributed by atoms with Crippen molar-refractivity contribution < 1.29 is 18.8 Å². The second kappa shape index (κ2) is 7.39. The monoisotopic (exact) mass is 386 g/mol. The first-order valence-corrected chi connectivity index (χ1v) is 10.4. The maximum absolute atomic E-state index is 14.3. The molecule has 0 aromatic heterocycles. The molecule has 2 atom stereocenters. The number of Topliss-reactive ketones (excluding diaryl/α,β-unsaturated/α-hetero) is 1. The van der Waals surface area contributed by atoms with Gasteiger partial charge in [-0.25, -0.2) is 4.39 Å². The summed E-state index contributed by atoms with van der Waals surface area (Å²) in [6, 6.07) is 2.54. The minimum atomic E-state index is -0.469. The van der Waals surface area contributed by atoms with Gasteiger partial charge in [-0.1, -0.05) is 19.8 Å². The van der Waals surface area contributed by atoms with Gasteiger partial charge in [-0.15, -0.1) is 0 Å². The minimum absolute atomic E-state index is 0.113. The summed E-state index contributed by atoms with van der Waals surface area (Å²) in [4.78, 5) is 37.6. The predicted molar refractivity (Wildman–Crippen MR) is 103 cm³/mol. The Labute approximate surface area is 164 Å². The molecule has 0 radical (unpaired) electrons. The number of hydrogen-bond donors (Lipinski definition) is 1. The molecule has 2 aliphatic heterocycles. The molecular formula is C22H27FN2O3. The zero-order valence-electron chi connectivity index (χ0n) is 16.3. The maximum atomic E-state index is 14.3. The molecule has 1 aliphatic carbocycles. The number of hydrogen-bond acceptors (Lipinski definition) is 4. The summed E-state index contributed by atoms with van der Waals surface area (Å²) in [5, 5.41) is 3.17. The van der Waals surface area contributed by atoms with Gasteiger partial charge in [0.2, 0.25) is 5.78 Å². The fourth-order valence-corrected chi connectivity index (χ4v) is 5.35. The van der Waals surface area contributed by atoms with E-state index in [-0.39, 0.29) is 11.7 Å². The van der Waals surface area contributed by atoms with Crippen molar-refractivity contribution in [3.05, 3.63) is 34.6 Å². The first-order chi connectivity index (χ1) is 13.5. The molecule has 3 aliphatic rings. The Kier molecular flexibility index (Phi) is 5.08. The number of aldehydes is 1. The number of carbonyl (C=O) groups is 3. The normalized spacial score (nSPS) is 27.9. The Morgan fingerprint density at radius 1 is 1.32 bits per heavy atom. The lowest BCUT2D eigenvalue weighted by atomic mass is 9.82. The van der Waals surface area contributed by atoms with E-state index in [1.807, 2.05) is 11.8 Å². The zero-order chi connectivity index (χ0) is 19.9. The predicted octanol–water partition coefficient (Wildman–Crippen LogP) is 3.11. The molecule has 5 nitrogen and oxygen atoms in total. The van der Waals surface area contributed by atoms with Crippen LogP contribution in [0, 0.1) is 5.82 Å². The van der Waals surface area contributed by atoms with E-state index in [1.165, 1.54) is 6.07 Å². The van der Waals surface area contributed by atoms with Crippen LogP contribution in [0.15, 0.2) is 12.1 Å². The van der Waals surface area contributed by atoms with E-state index in [1.54, 1.807) is 6.07 Å². The van der Waals surface area contributed by atoms with Crippen LogP contribution in [0.5, 0.6) is 0 Å². The Bertz CT molecular complexity index is 808. The summed E-state index contributed by atoms with van der Waals surface area (Å²) in [7, 11) is 0. The van der Waals surface area contributed by atoms with E-state index in [4.69, 9.17) is 0 Å². The third kappa shape index (κ3) is 3.08. The maximum Gasteiger partial charge on any atom is 0.255 e. The Morgan fingerprint density at radius 3 is 2.68 bits per heavy atom. The number of nitrogens with one attached hydrogen (secondary N) is 1. The Morgan fingerprint density at radius 2 is 2.07 bits per heavy atom. The van der Waals surface area contributed by atoms with Gasteiger partial charge in [-0.2, -0.15) is 0 Å². The van der Waals surface area contributed by atoms with Gasteiger partial charge in [-0.3, -0.25) is 14.4 Å². The van der Waals surface area contributed by atoms with Gasteiger partial charge in [-0.05, 0) is 61.3 Å². The number of benzene rings is 1. The summed E-state index contributed by atoms with van der Waals surface area (Å²) < 4.78 is 14.3. The van der Waals surface area contributed by atoms with Crippen LogP contribution < -0.4 is 5.32 Å². The van der Waals surface area contributed by atoms with E-state index in [9.17, 15) is 18.8 Å². The Hall–Kier alpha value is -2.08. The van der Waals surface area contributed by atoms with Crippen LogP contribution in [0.2, 0.25) is 0 Å². The molecule has 1 amide bonds. The van der Waals surface area contributed by atoms with Crippen molar-refractivity contribution in [1.82, 2.24) is 10.2 Å².